The topological polar surface area (TPSA) is 176 Å². The van der Waals surface area contributed by atoms with Crippen LogP contribution in [0.2, 0.25) is 26.3 Å². The van der Waals surface area contributed by atoms with E-state index in [1.54, 1.807) is 0 Å². The maximum atomic E-state index is 11.9. The molecule has 0 aliphatic carbocycles. The van der Waals surface area contributed by atoms with Crippen LogP contribution in [0.1, 0.15) is 6.42 Å². The molecule has 0 rings (SSSR count). The molecule has 2 unspecified atom stereocenters. The number of aliphatic hydroxyl groups excluding tert-OH is 2. The minimum atomic E-state index is -0.429. The summed E-state index contributed by atoms with van der Waals surface area (Å²) < 4.78 is 0. The minimum Gasteiger partial charge on any atom is -0.393 e. The van der Waals surface area contributed by atoms with Gasteiger partial charge in [-0.25, -0.2) is 0 Å². The molecule has 0 aromatic heterocycles. The number of carbonyl (C=O) groups is 2. The molecule has 0 saturated heterocycles. The van der Waals surface area contributed by atoms with Gasteiger partial charge in [0.2, 0.25) is 11.8 Å². The monoisotopic (exact) mass is 526 g/mol. The van der Waals surface area contributed by atoms with E-state index >= 15 is 0 Å². The van der Waals surface area contributed by atoms with Crippen molar-refractivity contribution < 1.29 is 19.8 Å². The predicted molar refractivity (Wildman–Crippen MR) is 152 cm³/mol. The van der Waals surface area contributed by atoms with Crippen molar-refractivity contribution in [3.63, 3.8) is 0 Å². The van der Waals surface area contributed by atoms with Crippen LogP contribution in [0.5, 0.6) is 0 Å². The van der Waals surface area contributed by atoms with Gasteiger partial charge in [0, 0.05) is 91.6 Å². The van der Waals surface area contributed by atoms with Gasteiger partial charge in [0.05, 0.1) is 12.2 Å². The summed E-state index contributed by atoms with van der Waals surface area (Å²) in [4.78, 5) is 25.8. The van der Waals surface area contributed by atoms with Gasteiger partial charge in [-0.15, -0.1) is 0 Å². The van der Waals surface area contributed by atoms with E-state index < -0.39 is 12.2 Å². The highest BCUT2D eigenvalue weighted by atomic mass is 16.3. The predicted octanol–water partition coefficient (Wildman–Crippen LogP) is -3.71. The third kappa shape index (κ3) is 24.8. The highest BCUT2D eigenvalue weighted by Gasteiger charge is 2.15. The summed E-state index contributed by atoms with van der Waals surface area (Å²) in [6, 6.07) is 0. The number of nitrogens with zero attached hydrogens (tertiary/aromatic N) is 1. The molecule has 2 atom stereocenters. The smallest absolute Gasteiger partial charge is 0.229 e. The van der Waals surface area contributed by atoms with E-state index in [-0.39, 0.29) is 18.2 Å². The second-order valence-corrected chi connectivity index (χ2v) is 9.02. The van der Waals surface area contributed by atoms with Crippen LogP contribution in [0.25, 0.3) is 0 Å². The first-order valence-corrected chi connectivity index (χ1v) is 13.6. The molecule has 12 nitrogen and oxygen atoms in total. The molecule has 0 aromatic carbocycles. The van der Waals surface area contributed by atoms with E-state index in [0.717, 1.165) is 45.8 Å². The van der Waals surface area contributed by atoms with Crippen molar-refractivity contribution in [1.82, 2.24) is 36.8 Å². The fourth-order valence-corrected chi connectivity index (χ4v) is 3.59. The quantitative estimate of drug-likeness (QED) is 0.0294. The normalized spacial score (nSPS) is 12.8. The zero-order valence-electron chi connectivity index (χ0n) is 23.1. The second-order valence-electron chi connectivity index (χ2n) is 9.02. The molecule has 0 spiro atoms. The number of amides is 2. The Morgan fingerprint density at radius 2 is 1.11 bits per heavy atom. The molecule has 37 heavy (non-hydrogen) atoms. The first-order chi connectivity index (χ1) is 17.9. The summed E-state index contributed by atoms with van der Waals surface area (Å²) in [6.45, 7) is 13.1. The molecule has 2 amide bonds. The number of aliphatic hydroxyl groups is 2. The molecule has 0 heterocycles. The molecule has 0 aromatic rings. The Kier molecular flexibility index (Phi) is 25.5. The summed E-state index contributed by atoms with van der Waals surface area (Å²) in [6.07, 6.45) is 0.240. The Balaban J connectivity index is 3.74. The third-order valence-electron chi connectivity index (χ3n) is 5.41. The summed E-state index contributed by atoms with van der Waals surface area (Å²) in [7, 11) is 3.90. The Morgan fingerprint density at radius 1 is 0.703 bits per heavy atom. The Labute approximate surface area is 225 Å². The van der Waals surface area contributed by atoms with Gasteiger partial charge in [-0.05, 0) is 0 Å². The lowest BCUT2D eigenvalue weighted by Crippen LogP contribution is -2.43. The first-order valence-electron chi connectivity index (χ1n) is 13.6. The van der Waals surface area contributed by atoms with Gasteiger partial charge in [-0.3, -0.25) is 14.5 Å². The summed E-state index contributed by atoms with van der Waals surface area (Å²) in [5.41, 5.74) is 5.39. The van der Waals surface area contributed by atoms with Gasteiger partial charge in [-0.1, -0.05) is 26.3 Å². The van der Waals surface area contributed by atoms with Crippen LogP contribution in [0.3, 0.4) is 0 Å². The largest absolute Gasteiger partial charge is 0.393 e. The molecule has 2 radical (unpaired) electrons. The molecule has 10 N–H and O–H groups in total. The van der Waals surface area contributed by atoms with Crippen molar-refractivity contribution in [2.75, 3.05) is 91.6 Å². The molecule has 0 aliphatic rings. The zero-order chi connectivity index (χ0) is 27.6. The van der Waals surface area contributed by atoms with Gasteiger partial charge in [0.15, 0.2) is 0 Å². The average Bonchev–Trinajstić information content (AvgIpc) is 2.84. The van der Waals surface area contributed by atoms with Crippen molar-refractivity contribution in [2.45, 2.75) is 44.9 Å². The number of nitrogens with two attached hydrogens (primary N) is 1. The van der Waals surface area contributed by atoms with Crippen molar-refractivity contribution in [2.24, 2.45) is 5.73 Å². The van der Waals surface area contributed by atoms with E-state index in [2.05, 4.69) is 36.8 Å². The maximum absolute atomic E-state index is 11.9. The van der Waals surface area contributed by atoms with E-state index in [0.29, 0.717) is 58.5 Å². The zero-order valence-corrected chi connectivity index (χ0v) is 23.1. The van der Waals surface area contributed by atoms with E-state index in [9.17, 15) is 19.8 Å². The first kappa shape index (κ1) is 35.7. The Morgan fingerprint density at radius 3 is 1.54 bits per heavy atom. The number of hydrogen-bond donors (Lipinski definition) is 9. The standard InChI is InChI=1S/C23H52B2N8O4/c1-24-16-20(34)18-33(19-21(35)17-25-2)14-13-30-8-7-29-10-12-32-23(37)15-22(36)31-11-9-28-6-5-27-4-3-26/h20-21,27-30,34-35H,3-19,26H2,1-2H3,(H,31,36)(H,32,37). The minimum absolute atomic E-state index is 0.175. The third-order valence-corrected chi connectivity index (χ3v) is 5.41. The van der Waals surface area contributed by atoms with Crippen molar-refractivity contribution in [1.29, 1.82) is 0 Å². The molecule has 214 valence electrons. The van der Waals surface area contributed by atoms with Gasteiger partial charge < -0.3 is 47.8 Å². The van der Waals surface area contributed by atoms with Crippen LogP contribution in [0, 0.1) is 0 Å². The number of carbonyl (C=O) groups excluding carboxylic acids is 2. The van der Waals surface area contributed by atoms with Crippen LogP contribution in [-0.4, -0.2) is 145 Å². The van der Waals surface area contributed by atoms with Gasteiger partial charge in [-0.2, -0.15) is 0 Å². The lowest BCUT2D eigenvalue weighted by atomic mass is 9.75. The summed E-state index contributed by atoms with van der Waals surface area (Å²) in [5, 5.41) is 38.6. The van der Waals surface area contributed by atoms with Crippen LogP contribution < -0.4 is 37.6 Å². The van der Waals surface area contributed by atoms with Crippen molar-refractivity contribution >= 4 is 26.4 Å². The fourth-order valence-electron chi connectivity index (χ4n) is 3.59. The molecule has 0 aliphatic heterocycles. The van der Waals surface area contributed by atoms with Crippen LogP contribution in [0.4, 0.5) is 0 Å². The molecule has 0 bridgehead atoms. The van der Waals surface area contributed by atoms with E-state index in [1.165, 1.54) is 0 Å². The molecular weight excluding hydrogens is 474 g/mol. The molecule has 0 fully saturated rings. The Bertz CT molecular complexity index is 541. The fraction of sp³-hybridized carbons (Fsp3) is 0.913. The number of rotatable bonds is 27. The maximum Gasteiger partial charge on any atom is 0.229 e. The van der Waals surface area contributed by atoms with E-state index in [1.807, 2.05) is 28.2 Å². The van der Waals surface area contributed by atoms with Crippen LogP contribution in [0.15, 0.2) is 0 Å². The lowest BCUT2D eigenvalue weighted by molar-refractivity contribution is -0.129. The second kappa shape index (κ2) is 26.4. The highest BCUT2D eigenvalue weighted by Crippen LogP contribution is 2.01. The average molecular weight is 526 g/mol. The lowest BCUT2D eigenvalue weighted by Gasteiger charge is -2.27. The highest BCUT2D eigenvalue weighted by molar-refractivity contribution is 6.33. The molecule has 14 heteroatoms. The number of hydrogen-bond acceptors (Lipinski definition) is 10. The SMILES string of the molecule is C[B]CC(O)CN(CCNCCNCCNC(=O)CC(=O)NCCNCCNCCN)CC(O)C[B]C. The van der Waals surface area contributed by atoms with Gasteiger partial charge in [0.1, 0.15) is 21.0 Å². The summed E-state index contributed by atoms with van der Waals surface area (Å²) >= 11 is 0. The molecular formula is C23H52B2N8O4. The number of nitrogens with one attached hydrogen (secondary N) is 6. The van der Waals surface area contributed by atoms with Gasteiger partial charge >= 0.3 is 0 Å². The van der Waals surface area contributed by atoms with Gasteiger partial charge in [0.25, 0.3) is 0 Å². The van der Waals surface area contributed by atoms with Crippen molar-refractivity contribution in [3.8, 4) is 0 Å². The van der Waals surface area contributed by atoms with Crippen LogP contribution >= 0.6 is 0 Å². The molecule has 0 saturated carbocycles. The van der Waals surface area contributed by atoms with Crippen molar-refractivity contribution in [3.05, 3.63) is 0 Å². The van der Waals surface area contributed by atoms with Crippen LogP contribution in [-0.2, 0) is 9.59 Å². The summed E-state index contributed by atoms with van der Waals surface area (Å²) in [5.74, 6) is -0.574. The Hall–Kier alpha value is -1.25. The van der Waals surface area contributed by atoms with E-state index in [4.69, 9.17) is 5.73 Å².